The van der Waals surface area contributed by atoms with Gasteiger partial charge in [0.05, 0.1) is 17.9 Å². The Balaban J connectivity index is 2.05. The fourth-order valence-corrected chi connectivity index (χ4v) is 3.47. The van der Waals surface area contributed by atoms with E-state index >= 15 is 0 Å². The van der Waals surface area contributed by atoms with Crippen molar-refractivity contribution in [3.05, 3.63) is 47.7 Å². The summed E-state index contributed by atoms with van der Waals surface area (Å²) in [5, 5.41) is 11.6. The molecule has 2 N–H and O–H groups in total. The van der Waals surface area contributed by atoms with Crippen LogP contribution in [0.4, 0.5) is 17.2 Å². The first-order valence-corrected chi connectivity index (χ1v) is 10.0. The molecule has 158 valence electrons. The maximum Gasteiger partial charge on any atom is 0.357 e. The largest absolute Gasteiger partial charge is 0.461 e. The zero-order valence-electron chi connectivity index (χ0n) is 17.6. The van der Waals surface area contributed by atoms with Gasteiger partial charge in [-0.1, -0.05) is 18.2 Å². The highest BCUT2D eigenvalue weighted by molar-refractivity contribution is 6.07. The van der Waals surface area contributed by atoms with Crippen LogP contribution in [0.5, 0.6) is 0 Å². The van der Waals surface area contributed by atoms with Crippen molar-refractivity contribution >= 4 is 34.8 Å². The second-order valence-corrected chi connectivity index (χ2v) is 7.08. The van der Waals surface area contributed by atoms with Crippen molar-refractivity contribution in [1.29, 1.82) is 5.41 Å². The van der Waals surface area contributed by atoms with Gasteiger partial charge in [0.15, 0.2) is 5.69 Å². The summed E-state index contributed by atoms with van der Waals surface area (Å²) < 4.78 is 5.17. The molecule has 1 aliphatic rings. The Bertz CT molecular complexity index is 937. The molecule has 1 amide bonds. The van der Waals surface area contributed by atoms with E-state index in [1.165, 1.54) is 0 Å². The van der Waals surface area contributed by atoms with E-state index in [2.05, 4.69) is 15.2 Å². The van der Waals surface area contributed by atoms with Crippen LogP contribution in [0.3, 0.4) is 0 Å². The molecule has 0 aliphatic carbocycles. The van der Waals surface area contributed by atoms with E-state index in [-0.39, 0.29) is 18.2 Å². The molecule has 8 nitrogen and oxygen atoms in total. The average Bonchev–Trinajstić information content (AvgIpc) is 2.74. The molecule has 0 unspecified atom stereocenters. The standard InChI is InChI=1S/C22H27N5O3/c1-4-30-22(29)18-14-19(27-12-10-26(11-13-27)16(3)28)20(15(2)23)21(25-18)24-17-8-6-5-7-9-17/h5-9,14,23H,4,10-13H2,1-3H3,(H,24,25). The summed E-state index contributed by atoms with van der Waals surface area (Å²) >= 11 is 0. The van der Waals surface area contributed by atoms with Crippen LogP contribution in [0.1, 0.15) is 36.8 Å². The van der Waals surface area contributed by atoms with Gasteiger partial charge < -0.3 is 25.3 Å². The fourth-order valence-electron chi connectivity index (χ4n) is 3.47. The molecule has 0 spiro atoms. The highest BCUT2D eigenvalue weighted by Gasteiger charge is 2.26. The first-order chi connectivity index (χ1) is 14.4. The molecule has 8 heteroatoms. The minimum absolute atomic E-state index is 0.0477. The van der Waals surface area contributed by atoms with Gasteiger partial charge in [-0.2, -0.15) is 0 Å². The topological polar surface area (TPSA) is 98.6 Å². The number of para-hydroxylation sites is 1. The van der Waals surface area contributed by atoms with E-state index in [9.17, 15) is 9.59 Å². The average molecular weight is 409 g/mol. The highest BCUT2D eigenvalue weighted by atomic mass is 16.5. The van der Waals surface area contributed by atoms with Gasteiger partial charge in [-0.3, -0.25) is 4.79 Å². The molecule has 1 aliphatic heterocycles. The van der Waals surface area contributed by atoms with E-state index in [4.69, 9.17) is 10.1 Å². The third-order valence-corrected chi connectivity index (χ3v) is 4.96. The van der Waals surface area contributed by atoms with E-state index in [0.29, 0.717) is 43.3 Å². The lowest BCUT2D eigenvalue weighted by Gasteiger charge is -2.37. The Morgan fingerprint density at radius 1 is 1.13 bits per heavy atom. The van der Waals surface area contributed by atoms with Gasteiger partial charge in [0.25, 0.3) is 0 Å². The molecule has 2 heterocycles. The number of carbonyl (C=O) groups excluding carboxylic acids is 2. The van der Waals surface area contributed by atoms with Crippen LogP contribution >= 0.6 is 0 Å². The molecule has 0 radical (unpaired) electrons. The van der Waals surface area contributed by atoms with Crippen molar-refractivity contribution < 1.29 is 14.3 Å². The van der Waals surface area contributed by atoms with Crippen LogP contribution in [-0.4, -0.2) is 60.3 Å². The summed E-state index contributed by atoms with van der Waals surface area (Å²) in [5.74, 6) is -0.0267. The van der Waals surface area contributed by atoms with Crippen LogP contribution in [0.15, 0.2) is 36.4 Å². The number of ether oxygens (including phenoxy) is 1. The Morgan fingerprint density at radius 2 is 1.80 bits per heavy atom. The van der Waals surface area contributed by atoms with Gasteiger partial charge in [-0.05, 0) is 32.0 Å². The fraction of sp³-hybridized carbons (Fsp3) is 0.364. The van der Waals surface area contributed by atoms with E-state index < -0.39 is 5.97 Å². The Hall–Kier alpha value is -3.42. The Morgan fingerprint density at radius 3 is 2.37 bits per heavy atom. The van der Waals surface area contributed by atoms with Crippen LogP contribution in [0.25, 0.3) is 0 Å². The normalized spacial score (nSPS) is 13.7. The third-order valence-electron chi connectivity index (χ3n) is 4.96. The zero-order valence-corrected chi connectivity index (χ0v) is 17.6. The van der Waals surface area contributed by atoms with Gasteiger partial charge in [0.1, 0.15) is 5.82 Å². The summed E-state index contributed by atoms with van der Waals surface area (Å²) in [6.45, 7) is 7.66. The number of esters is 1. The molecule has 0 bridgehead atoms. The molecule has 3 rings (SSSR count). The number of carbonyl (C=O) groups is 2. The number of aromatic nitrogens is 1. The molecule has 1 aromatic heterocycles. The molecular formula is C22H27N5O3. The molecule has 30 heavy (non-hydrogen) atoms. The number of nitrogens with one attached hydrogen (secondary N) is 2. The molecule has 1 saturated heterocycles. The number of benzene rings is 1. The van der Waals surface area contributed by atoms with Crippen molar-refractivity contribution in [2.45, 2.75) is 20.8 Å². The second-order valence-electron chi connectivity index (χ2n) is 7.08. The maximum absolute atomic E-state index is 12.5. The molecule has 1 aromatic carbocycles. The lowest BCUT2D eigenvalue weighted by atomic mass is 10.1. The van der Waals surface area contributed by atoms with Crippen molar-refractivity contribution in [3.63, 3.8) is 0 Å². The predicted molar refractivity (Wildman–Crippen MR) is 117 cm³/mol. The summed E-state index contributed by atoms with van der Waals surface area (Å²) in [5.41, 5.74) is 2.69. The van der Waals surface area contributed by atoms with Gasteiger partial charge in [-0.15, -0.1) is 0 Å². The van der Waals surface area contributed by atoms with Gasteiger partial charge >= 0.3 is 5.97 Å². The van der Waals surface area contributed by atoms with Gasteiger partial charge in [0.2, 0.25) is 5.91 Å². The van der Waals surface area contributed by atoms with Crippen molar-refractivity contribution in [1.82, 2.24) is 9.88 Å². The number of hydrogen-bond acceptors (Lipinski definition) is 7. The minimum atomic E-state index is -0.508. The smallest absolute Gasteiger partial charge is 0.357 e. The molecular weight excluding hydrogens is 382 g/mol. The first kappa shape index (κ1) is 21.3. The van der Waals surface area contributed by atoms with Crippen molar-refractivity contribution in [2.75, 3.05) is 43.0 Å². The minimum Gasteiger partial charge on any atom is -0.461 e. The summed E-state index contributed by atoms with van der Waals surface area (Å²) in [6, 6.07) is 11.2. The first-order valence-electron chi connectivity index (χ1n) is 10.0. The van der Waals surface area contributed by atoms with E-state index in [1.54, 1.807) is 31.7 Å². The number of hydrogen-bond donors (Lipinski definition) is 2. The maximum atomic E-state index is 12.5. The van der Waals surface area contributed by atoms with Crippen molar-refractivity contribution in [3.8, 4) is 0 Å². The van der Waals surface area contributed by atoms with E-state index in [0.717, 1.165) is 11.4 Å². The number of pyridine rings is 1. The lowest BCUT2D eigenvalue weighted by molar-refractivity contribution is -0.129. The summed E-state index contributed by atoms with van der Waals surface area (Å²) in [6.07, 6.45) is 0. The molecule has 0 atom stereocenters. The number of anilines is 3. The Kier molecular flexibility index (Phi) is 6.66. The highest BCUT2D eigenvalue weighted by Crippen LogP contribution is 2.31. The quantitative estimate of drug-likeness (QED) is 0.562. The monoisotopic (exact) mass is 409 g/mol. The van der Waals surface area contributed by atoms with Gasteiger partial charge in [-0.25, -0.2) is 9.78 Å². The molecule has 1 fully saturated rings. The zero-order chi connectivity index (χ0) is 21.7. The second kappa shape index (κ2) is 9.39. The summed E-state index contributed by atoms with van der Waals surface area (Å²) in [7, 11) is 0. The summed E-state index contributed by atoms with van der Waals surface area (Å²) in [4.78, 5) is 32.5. The van der Waals surface area contributed by atoms with Crippen LogP contribution < -0.4 is 10.2 Å². The lowest BCUT2D eigenvalue weighted by Crippen LogP contribution is -2.48. The molecule has 2 aromatic rings. The predicted octanol–water partition coefficient (Wildman–Crippen LogP) is 3.06. The van der Waals surface area contributed by atoms with Crippen molar-refractivity contribution in [2.24, 2.45) is 0 Å². The van der Waals surface area contributed by atoms with Crippen LogP contribution in [0, 0.1) is 5.41 Å². The number of nitrogens with zero attached hydrogens (tertiary/aromatic N) is 3. The number of piperazine rings is 1. The van der Waals surface area contributed by atoms with Crippen LogP contribution in [-0.2, 0) is 9.53 Å². The SMILES string of the molecule is CCOC(=O)c1cc(N2CCN(C(C)=O)CC2)c(C(C)=N)c(Nc2ccccc2)n1. The Labute approximate surface area is 176 Å². The molecule has 0 saturated carbocycles. The van der Waals surface area contributed by atoms with E-state index in [1.807, 2.05) is 30.3 Å². The third kappa shape index (κ3) is 4.76. The number of amides is 1. The number of rotatable bonds is 6. The van der Waals surface area contributed by atoms with Crippen LogP contribution in [0.2, 0.25) is 0 Å². The van der Waals surface area contributed by atoms with Gasteiger partial charge in [0, 0.05) is 44.5 Å².